The molecule has 0 saturated carbocycles. The summed E-state index contributed by atoms with van der Waals surface area (Å²) in [5.41, 5.74) is 0.296. The molecule has 0 aromatic heterocycles. The third-order valence-corrected chi connectivity index (χ3v) is 3.96. The van der Waals surface area contributed by atoms with Gasteiger partial charge in [-0.15, -0.1) is 0 Å². The molecule has 0 aliphatic heterocycles. The van der Waals surface area contributed by atoms with Crippen LogP contribution in [-0.4, -0.2) is 37.3 Å². The van der Waals surface area contributed by atoms with Crippen molar-refractivity contribution in [2.24, 2.45) is 0 Å². The molecule has 1 amide bonds. The first-order valence-corrected chi connectivity index (χ1v) is 8.50. The van der Waals surface area contributed by atoms with Crippen LogP contribution < -0.4 is 10.1 Å². The summed E-state index contributed by atoms with van der Waals surface area (Å²) in [5, 5.41) is 11.6. The number of carbonyl (C=O) groups excluding carboxylic acids is 1. The van der Waals surface area contributed by atoms with E-state index in [0.29, 0.717) is 25.4 Å². The molecule has 0 heterocycles. The van der Waals surface area contributed by atoms with Crippen LogP contribution in [0.1, 0.15) is 28.4 Å². The van der Waals surface area contributed by atoms with Gasteiger partial charge in [0.1, 0.15) is 11.6 Å². The van der Waals surface area contributed by atoms with E-state index in [4.69, 9.17) is 21.1 Å². The molecule has 0 spiro atoms. The number of aliphatic carboxylic acids is 1. The van der Waals surface area contributed by atoms with E-state index >= 15 is 0 Å². The summed E-state index contributed by atoms with van der Waals surface area (Å²) in [4.78, 5) is 24.0. The molecule has 2 aromatic rings. The van der Waals surface area contributed by atoms with Crippen molar-refractivity contribution in [2.75, 3.05) is 20.3 Å². The fourth-order valence-corrected chi connectivity index (χ4v) is 2.43. The van der Waals surface area contributed by atoms with Crippen molar-refractivity contribution in [3.8, 4) is 5.75 Å². The van der Waals surface area contributed by atoms with Gasteiger partial charge in [0.2, 0.25) is 0 Å². The van der Waals surface area contributed by atoms with Crippen molar-refractivity contribution >= 4 is 23.5 Å². The average molecular weight is 396 g/mol. The summed E-state index contributed by atoms with van der Waals surface area (Å²) in [5.74, 6) is -2.23. The number of carbonyl (C=O) groups is 2. The van der Waals surface area contributed by atoms with Gasteiger partial charge in [0.25, 0.3) is 5.91 Å². The van der Waals surface area contributed by atoms with Gasteiger partial charge in [0.15, 0.2) is 6.04 Å². The second kappa shape index (κ2) is 9.89. The van der Waals surface area contributed by atoms with Gasteiger partial charge in [-0.25, -0.2) is 9.18 Å². The van der Waals surface area contributed by atoms with Crippen LogP contribution in [0, 0.1) is 5.82 Å². The highest BCUT2D eigenvalue weighted by Gasteiger charge is 2.24. The van der Waals surface area contributed by atoms with Gasteiger partial charge in [-0.3, -0.25) is 4.79 Å². The molecule has 0 aliphatic rings. The van der Waals surface area contributed by atoms with Gasteiger partial charge < -0.3 is 19.9 Å². The maximum atomic E-state index is 13.6. The van der Waals surface area contributed by atoms with Crippen LogP contribution in [0.5, 0.6) is 5.75 Å². The zero-order valence-electron chi connectivity index (χ0n) is 14.6. The molecule has 0 saturated heterocycles. The normalized spacial score (nSPS) is 11.7. The highest BCUT2D eigenvalue weighted by atomic mass is 35.5. The Balaban J connectivity index is 2.11. The van der Waals surface area contributed by atoms with Gasteiger partial charge in [-0.1, -0.05) is 23.7 Å². The van der Waals surface area contributed by atoms with Crippen molar-refractivity contribution in [2.45, 2.75) is 12.5 Å². The first kappa shape index (κ1) is 20.7. The summed E-state index contributed by atoms with van der Waals surface area (Å²) in [6.45, 7) is 0.971. The van der Waals surface area contributed by atoms with E-state index in [1.807, 2.05) is 0 Å². The van der Waals surface area contributed by atoms with Gasteiger partial charge in [0.05, 0.1) is 11.6 Å². The lowest BCUT2D eigenvalue weighted by Gasteiger charge is -2.16. The van der Waals surface area contributed by atoms with E-state index in [1.165, 1.54) is 24.3 Å². The standard InChI is InChI=1S/C19H19ClFNO5/c1-26-8-3-9-27-14-5-2-4-13(10-14)18(23)22-17(19(24)25)12-6-7-15(20)16(21)11-12/h2,4-7,10-11,17H,3,8-9H2,1H3,(H,22,23)(H,24,25). The molecule has 0 aliphatic carbocycles. The molecule has 6 nitrogen and oxygen atoms in total. The third kappa shape index (κ3) is 5.94. The number of nitrogens with one attached hydrogen (secondary N) is 1. The molecule has 1 unspecified atom stereocenters. The molecule has 2 N–H and O–H groups in total. The van der Waals surface area contributed by atoms with Crippen LogP contribution in [0.15, 0.2) is 42.5 Å². The second-order valence-electron chi connectivity index (χ2n) is 5.64. The van der Waals surface area contributed by atoms with E-state index in [9.17, 15) is 19.1 Å². The molecular weight excluding hydrogens is 377 g/mol. The van der Waals surface area contributed by atoms with E-state index in [1.54, 1.807) is 19.2 Å². The van der Waals surface area contributed by atoms with E-state index in [2.05, 4.69) is 5.32 Å². The second-order valence-corrected chi connectivity index (χ2v) is 6.05. The highest BCUT2D eigenvalue weighted by Crippen LogP contribution is 2.21. The van der Waals surface area contributed by atoms with Gasteiger partial charge in [0, 0.05) is 25.7 Å². The predicted octanol–water partition coefficient (Wildman–Crippen LogP) is 3.45. The molecule has 1 atom stereocenters. The van der Waals surface area contributed by atoms with E-state index in [0.717, 1.165) is 6.07 Å². The van der Waals surface area contributed by atoms with E-state index < -0.39 is 23.7 Å². The summed E-state index contributed by atoms with van der Waals surface area (Å²) in [6, 6.07) is 8.49. The molecule has 0 bridgehead atoms. The van der Waals surface area contributed by atoms with Gasteiger partial charge >= 0.3 is 5.97 Å². The maximum absolute atomic E-state index is 13.6. The highest BCUT2D eigenvalue weighted by molar-refractivity contribution is 6.30. The van der Waals surface area contributed by atoms with Crippen LogP contribution in [0.25, 0.3) is 0 Å². The van der Waals surface area contributed by atoms with Crippen LogP contribution >= 0.6 is 11.6 Å². The Morgan fingerprint density at radius 3 is 2.67 bits per heavy atom. The number of ether oxygens (including phenoxy) is 2. The largest absolute Gasteiger partial charge is 0.493 e. The lowest BCUT2D eigenvalue weighted by Crippen LogP contribution is -2.33. The summed E-state index contributed by atoms with van der Waals surface area (Å²) in [6.07, 6.45) is 0.691. The minimum absolute atomic E-state index is 0.0738. The lowest BCUT2D eigenvalue weighted by atomic mass is 10.1. The topological polar surface area (TPSA) is 84.9 Å². The Bertz CT molecular complexity index is 814. The number of methoxy groups -OCH3 is 1. The number of hydrogen-bond acceptors (Lipinski definition) is 4. The predicted molar refractivity (Wildman–Crippen MR) is 97.7 cm³/mol. The smallest absolute Gasteiger partial charge is 0.330 e. The molecule has 8 heteroatoms. The zero-order valence-corrected chi connectivity index (χ0v) is 15.3. The molecule has 144 valence electrons. The number of amides is 1. The Morgan fingerprint density at radius 1 is 1.22 bits per heavy atom. The number of benzene rings is 2. The van der Waals surface area contributed by atoms with Crippen molar-refractivity contribution in [3.63, 3.8) is 0 Å². The first-order chi connectivity index (χ1) is 12.9. The van der Waals surface area contributed by atoms with Crippen LogP contribution in [0.2, 0.25) is 5.02 Å². The van der Waals surface area contributed by atoms with E-state index in [-0.39, 0.29) is 16.1 Å². The van der Waals surface area contributed by atoms with Crippen molar-refractivity contribution in [1.82, 2.24) is 5.32 Å². The minimum Gasteiger partial charge on any atom is -0.493 e. The monoisotopic (exact) mass is 395 g/mol. The summed E-state index contributed by atoms with van der Waals surface area (Å²) >= 11 is 5.61. The van der Waals surface area contributed by atoms with Crippen molar-refractivity contribution in [3.05, 3.63) is 64.4 Å². The Kier molecular flexibility index (Phi) is 7.57. The number of carboxylic acids is 1. The van der Waals surface area contributed by atoms with Crippen LogP contribution in [0.3, 0.4) is 0 Å². The molecule has 0 radical (unpaired) electrons. The minimum atomic E-state index is -1.42. The zero-order chi connectivity index (χ0) is 19.8. The fourth-order valence-electron chi connectivity index (χ4n) is 2.31. The molecule has 2 rings (SSSR count). The van der Waals surface area contributed by atoms with Crippen LogP contribution in [0.4, 0.5) is 4.39 Å². The van der Waals surface area contributed by atoms with Gasteiger partial charge in [-0.05, 0) is 35.9 Å². The SMILES string of the molecule is COCCCOc1cccc(C(=O)NC(C(=O)O)c2ccc(Cl)c(F)c2)c1. The quantitative estimate of drug-likeness (QED) is 0.635. The van der Waals surface area contributed by atoms with Gasteiger partial charge in [-0.2, -0.15) is 0 Å². The molecule has 0 fully saturated rings. The maximum Gasteiger partial charge on any atom is 0.330 e. The van der Waals surface area contributed by atoms with Crippen LogP contribution in [-0.2, 0) is 9.53 Å². The third-order valence-electron chi connectivity index (χ3n) is 3.66. The lowest BCUT2D eigenvalue weighted by molar-refractivity contribution is -0.139. The molecule has 2 aromatic carbocycles. The Labute approximate surface area is 160 Å². The number of rotatable bonds is 9. The number of carboxylic acid groups (broad SMARTS) is 1. The van der Waals surface area contributed by atoms with Crippen molar-refractivity contribution < 1.29 is 28.6 Å². The Hall–Kier alpha value is -2.64. The van der Waals surface area contributed by atoms with Crippen molar-refractivity contribution in [1.29, 1.82) is 0 Å². The summed E-state index contributed by atoms with van der Waals surface area (Å²) in [7, 11) is 1.59. The summed E-state index contributed by atoms with van der Waals surface area (Å²) < 4.78 is 24.1. The molecule has 27 heavy (non-hydrogen) atoms. The average Bonchev–Trinajstić information content (AvgIpc) is 2.65. The number of hydrogen-bond donors (Lipinski definition) is 2. The number of halogens is 2. The Morgan fingerprint density at radius 2 is 2.00 bits per heavy atom. The fraction of sp³-hybridized carbons (Fsp3) is 0.263. The first-order valence-electron chi connectivity index (χ1n) is 8.12. The molecular formula is C19H19ClFNO5.